The van der Waals surface area contributed by atoms with E-state index in [2.05, 4.69) is 16.9 Å². The lowest BCUT2D eigenvalue weighted by Crippen LogP contribution is -2.27. The molecular weight excluding hydrogens is 597 g/mol. The van der Waals surface area contributed by atoms with Crippen molar-refractivity contribution >= 4 is 0 Å². The molecule has 238 valence electrons. The Kier molecular flexibility index (Phi) is 10.7. The van der Waals surface area contributed by atoms with Crippen molar-refractivity contribution in [2.24, 2.45) is 22.1 Å². The van der Waals surface area contributed by atoms with Gasteiger partial charge in [-0.25, -0.2) is 11.0 Å². The summed E-state index contributed by atoms with van der Waals surface area (Å²) in [6.45, 7) is 3.41. The third-order valence-electron chi connectivity index (χ3n) is 6.77. The van der Waals surface area contributed by atoms with E-state index in [1.54, 1.807) is 0 Å². The molecular formula is C27H30F9N5O2. The van der Waals surface area contributed by atoms with Crippen LogP contribution in [-0.2, 0) is 41.1 Å². The summed E-state index contributed by atoms with van der Waals surface area (Å²) in [5.74, 6) is 5.01. The van der Waals surface area contributed by atoms with Crippen LogP contribution in [0.2, 0.25) is 0 Å². The molecule has 1 aliphatic heterocycles. The van der Waals surface area contributed by atoms with Crippen LogP contribution in [0.4, 0.5) is 39.5 Å². The van der Waals surface area contributed by atoms with E-state index in [4.69, 9.17) is 15.3 Å². The molecule has 1 fully saturated rings. The van der Waals surface area contributed by atoms with Gasteiger partial charge >= 0.3 is 18.5 Å². The van der Waals surface area contributed by atoms with Gasteiger partial charge in [0.05, 0.1) is 22.8 Å². The molecule has 0 aliphatic carbocycles. The van der Waals surface area contributed by atoms with Crippen molar-refractivity contribution in [1.29, 1.82) is 0 Å². The van der Waals surface area contributed by atoms with Crippen molar-refractivity contribution in [3.63, 3.8) is 0 Å². The van der Waals surface area contributed by atoms with Crippen LogP contribution in [-0.4, -0.2) is 37.4 Å². The van der Waals surface area contributed by atoms with Gasteiger partial charge in [-0.1, -0.05) is 17.9 Å². The molecule has 7 nitrogen and oxygen atoms in total. The number of hydrogen-bond donors (Lipinski definition) is 1. The van der Waals surface area contributed by atoms with Gasteiger partial charge in [0.1, 0.15) is 5.82 Å². The number of hydrazine groups is 1. The lowest BCUT2D eigenvalue weighted by atomic mass is 9.86. The first-order valence-electron chi connectivity index (χ1n) is 12.8. The molecule has 1 atom stereocenters. The lowest BCUT2D eigenvalue weighted by Gasteiger charge is -2.32. The first-order valence-corrected chi connectivity index (χ1v) is 12.8. The number of ether oxygens (including phenoxy) is 2. The summed E-state index contributed by atoms with van der Waals surface area (Å²) in [4.78, 5) is 1.11. The Morgan fingerprint density at radius 3 is 1.98 bits per heavy atom. The van der Waals surface area contributed by atoms with Crippen LogP contribution in [0.15, 0.2) is 59.1 Å². The number of nitrogens with two attached hydrogens (primary N) is 1. The molecule has 43 heavy (non-hydrogen) atoms. The molecule has 0 amide bonds. The Morgan fingerprint density at radius 1 is 0.930 bits per heavy atom. The molecule has 0 spiro atoms. The smallest absolute Gasteiger partial charge is 0.381 e. The van der Waals surface area contributed by atoms with Gasteiger partial charge in [-0.2, -0.15) is 39.5 Å². The largest absolute Gasteiger partial charge is 0.416 e. The molecule has 2 N–H and O–H groups in total. The molecule has 0 saturated carbocycles. The highest BCUT2D eigenvalue weighted by atomic mass is 19.4. The van der Waals surface area contributed by atoms with Crippen molar-refractivity contribution in [1.82, 2.24) is 10.0 Å². The second-order valence-electron chi connectivity index (χ2n) is 9.97. The molecule has 0 radical (unpaired) electrons. The summed E-state index contributed by atoms with van der Waals surface area (Å²) in [5.41, 5.74) is -4.15. The summed E-state index contributed by atoms with van der Waals surface area (Å²) in [6.07, 6.45) is -14.5. The van der Waals surface area contributed by atoms with E-state index < -0.39 is 60.0 Å². The van der Waals surface area contributed by atoms with Crippen molar-refractivity contribution in [3.8, 4) is 0 Å². The van der Waals surface area contributed by atoms with Crippen LogP contribution in [0.1, 0.15) is 52.3 Å². The molecule has 2 aromatic carbocycles. The monoisotopic (exact) mass is 627 g/mol. The Labute approximate surface area is 241 Å². The number of methoxy groups -OCH3 is 1. The zero-order valence-corrected chi connectivity index (χ0v) is 23.2. The third-order valence-corrected chi connectivity index (χ3v) is 6.77. The van der Waals surface area contributed by atoms with Crippen molar-refractivity contribution in [2.75, 3.05) is 27.4 Å². The Hall–Kier alpha value is -3.37. The van der Waals surface area contributed by atoms with Gasteiger partial charge in [0.25, 0.3) is 0 Å². The highest BCUT2D eigenvalue weighted by molar-refractivity contribution is 5.37. The molecule has 16 heteroatoms. The fourth-order valence-electron chi connectivity index (χ4n) is 4.75. The molecule has 1 aliphatic rings. The van der Waals surface area contributed by atoms with E-state index >= 15 is 0 Å². The van der Waals surface area contributed by atoms with Crippen LogP contribution in [0, 0.1) is 5.92 Å². The van der Waals surface area contributed by atoms with E-state index in [1.807, 2.05) is 0 Å². The molecule has 0 bridgehead atoms. The highest BCUT2D eigenvalue weighted by Gasteiger charge is 2.37. The van der Waals surface area contributed by atoms with Crippen LogP contribution >= 0.6 is 0 Å². The minimum atomic E-state index is -5.11. The molecule has 1 unspecified atom stereocenters. The number of hydrogen-bond acceptors (Lipinski definition) is 6. The Morgan fingerprint density at radius 2 is 1.49 bits per heavy atom. The van der Waals surface area contributed by atoms with Crippen LogP contribution in [0.25, 0.3) is 0 Å². The van der Waals surface area contributed by atoms with Crippen molar-refractivity contribution < 1.29 is 49.0 Å². The molecule has 1 saturated heterocycles. The highest BCUT2D eigenvalue weighted by Crippen LogP contribution is 2.40. The van der Waals surface area contributed by atoms with Crippen LogP contribution in [0.3, 0.4) is 0 Å². The number of benzene rings is 2. The third kappa shape index (κ3) is 9.31. The average molecular weight is 628 g/mol. The molecule has 3 rings (SSSR count). The quantitative estimate of drug-likeness (QED) is 0.128. The second kappa shape index (κ2) is 13.5. The topological polar surface area (TPSA) is 75.7 Å². The fraction of sp³-hybridized carbons (Fsp3) is 0.481. The first kappa shape index (κ1) is 34.1. The van der Waals surface area contributed by atoms with Crippen molar-refractivity contribution in [2.45, 2.75) is 50.6 Å². The number of rotatable bonds is 10. The average Bonchev–Trinajstić information content (AvgIpc) is 2.91. The van der Waals surface area contributed by atoms with Gasteiger partial charge in [0.15, 0.2) is 0 Å². The summed E-state index contributed by atoms with van der Waals surface area (Å²) < 4.78 is 133. The maximum Gasteiger partial charge on any atom is 0.416 e. The lowest BCUT2D eigenvalue weighted by molar-refractivity contribution is -0.143. The Balaban J connectivity index is 2.14. The van der Waals surface area contributed by atoms with E-state index in [-0.39, 0.29) is 23.4 Å². The Bertz CT molecular complexity index is 1250. The first-order chi connectivity index (χ1) is 19.9. The van der Waals surface area contributed by atoms with E-state index in [9.17, 15) is 39.5 Å². The predicted molar refractivity (Wildman–Crippen MR) is 136 cm³/mol. The molecule has 0 aromatic heterocycles. The summed E-state index contributed by atoms with van der Waals surface area (Å²) in [6, 6.07) is 4.02. The van der Waals surface area contributed by atoms with Gasteiger partial charge in [0.2, 0.25) is 0 Å². The van der Waals surface area contributed by atoms with Crippen LogP contribution < -0.4 is 5.84 Å². The predicted octanol–water partition coefficient (Wildman–Crippen LogP) is 7.50. The van der Waals surface area contributed by atoms with Crippen molar-refractivity contribution in [3.05, 3.63) is 82.2 Å². The van der Waals surface area contributed by atoms with E-state index in [1.165, 1.54) is 20.2 Å². The van der Waals surface area contributed by atoms with Gasteiger partial charge in [-0.3, -0.25) is 0 Å². The fourth-order valence-corrected chi connectivity index (χ4v) is 4.75. The minimum Gasteiger partial charge on any atom is -0.381 e. The van der Waals surface area contributed by atoms with Crippen LogP contribution in [0.5, 0.6) is 0 Å². The number of alkyl halides is 9. The minimum absolute atomic E-state index is 0.0201. The van der Waals surface area contributed by atoms with E-state index in [0.29, 0.717) is 43.8 Å². The normalized spacial score (nSPS) is 16.0. The summed E-state index contributed by atoms with van der Waals surface area (Å²) in [7, 11) is 2.68. The second-order valence-corrected chi connectivity index (χ2v) is 9.97. The SMILES string of the molecule is C=C(/N=N\N(C)N)N(Cc1cc(C(F)(F)F)cc(C(F)(F)F)c1)Cc1cc(C(F)(F)F)ccc1C(OC)C1CCOCC1. The number of halogens is 9. The van der Waals surface area contributed by atoms with Gasteiger partial charge in [0, 0.05) is 40.5 Å². The summed E-state index contributed by atoms with van der Waals surface area (Å²) in [5, 5.41) is 8.08. The maximum absolute atomic E-state index is 13.8. The number of nitrogens with zero attached hydrogens (tertiary/aromatic N) is 4. The van der Waals surface area contributed by atoms with Gasteiger partial charge in [-0.15, -0.1) is 5.11 Å². The van der Waals surface area contributed by atoms with Gasteiger partial charge < -0.3 is 14.4 Å². The summed E-state index contributed by atoms with van der Waals surface area (Å²) >= 11 is 0. The standard InChI is InChI=1S/C27H30F9N5O2/c1-16(38-39-40(2)37)41(14-17-10-21(26(31,32)33)13-22(11-17)27(34,35)36)15-19-12-20(25(28,29)30)4-5-23(19)24(42-3)18-6-8-43-9-7-18/h4-5,10-13,18,24H,1,6-9,14-15,37H2,2-3H3/b39-38-. The zero-order chi connectivity index (χ0) is 32.2. The maximum atomic E-state index is 13.8. The molecule has 1 heterocycles. The zero-order valence-electron chi connectivity index (χ0n) is 23.2. The van der Waals surface area contributed by atoms with Gasteiger partial charge in [-0.05, 0) is 65.8 Å². The van der Waals surface area contributed by atoms with E-state index in [0.717, 1.165) is 22.2 Å². The molecule has 2 aromatic rings.